The van der Waals surface area contributed by atoms with Crippen LogP contribution in [0.2, 0.25) is 0 Å². The number of rotatable bonds is 16. The predicted octanol–water partition coefficient (Wildman–Crippen LogP) is 6.80. The van der Waals surface area contributed by atoms with E-state index in [9.17, 15) is 14.7 Å². The molecule has 232 valence electrons. The summed E-state index contributed by atoms with van der Waals surface area (Å²) < 4.78 is 7.80. The highest BCUT2D eigenvalue weighted by atomic mass is 16.5. The van der Waals surface area contributed by atoms with Crippen molar-refractivity contribution < 1.29 is 19.4 Å². The Balaban J connectivity index is 1.81. The summed E-state index contributed by atoms with van der Waals surface area (Å²) >= 11 is 0. The summed E-state index contributed by atoms with van der Waals surface area (Å²) in [5.41, 5.74) is 11.3. The lowest BCUT2D eigenvalue weighted by molar-refractivity contribution is -0.136. The zero-order valence-corrected chi connectivity index (χ0v) is 26.3. The van der Waals surface area contributed by atoms with Crippen molar-refractivity contribution in [1.29, 1.82) is 0 Å². The van der Waals surface area contributed by atoms with Crippen molar-refractivity contribution in [3.05, 3.63) is 95.2 Å². The van der Waals surface area contributed by atoms with Gasteiger partial charge in [0.1, 0.15) is 11.6 Å². The molecule has 0 fully saturated rings. The van der Waals surface area contributed by atoms with Gasteiger partial charge in [-0.15, -0.1) is 0 Å². The largest absolute Gasteiger partial charge is 0.497 e. The first-order valence-electron chi connectivity index (χ1n) is 15.3. The van der Waals surface area contributed by atoms with Crippen molar-refractivity contribution in [1.82, 2.24) is 14.5 Å². The third kappa shape index (κ3) is 8.35. The van der Waals surface area contributed by atoms with Gasteiger partial charge in [0.25, 0.3) is 0 Å². The van der Waals surface area contributed by atoms with Crippen molar-refractivity contribution in [3.63, 3.8) is 0 Å². The SMILES string of the molecule is CCCCn1c(-c2ccccc2)nc(-c2ccc(OC)cc2)c1CN(CCC(C)C)Cc1ccc(C(N)=O)c(CC(=O)O)c1. The molecule has 0 saturated heterocycles. The Morgan fingerprint density at radius 1 is 1.00 bits per heavy atom. The molecule has 0 aliphatic rings. The van der Waals surface area contributed by atoms with E-state index in [2.05, 4.69) is 54.5 Å². The van der Waals surface area contributed by atoms with Gasteiger partial charge in [-0.1, -0.05) is 69.7 Å². The van der Waals surface area contributed by atoms with E-state index in [1.165, 1.54) is 0 Å². The summed E-state index contributed by atoms with van der Waals surface area (Å²) in [6, 6.07) is 23.7. The number of nitrogens with zero attached hydrogens (tertiary/aromatic N) is 3. The van der Waals surface area contributed by atoms with Gasteiger partial charge in [-0.05, 0) is 66.8 Å². The molecule has 4 aromatic rings. The highest BCUT2D eigenvalue weighted by Gasteiger charge is 2.23. The molecule has 1 aromatic heterocycles. The van der Waals surface area contributed by atoms with E-state index in [0.717, 1.165) is 72.0 Å². The third-order valence-corrected chi connectivity index (χ3v) is 7.78. The fourth-order valence-electron chi connectivity index (χ4n) is 5.41. The topological polar surface area (TPSA) is 111 Å². The van der Waals surface area contributed by atoms with Crippen molar-refractivity contribution in [3.8, 4) is 28.4 Å². The monoisotopic (exact) mass is 596 g/mol. The molecule has 0 unspecified atom stereocenters. The van der Waals surface area contributed by atoms with Gasteiger partial charge in [-0.3, -0.25) is 14.5 Å². The van der Waals surface area contributed by atoms with Crippen LogP contribution >= 0.6 is 0 Å². The summed E-state index contributed by atoms with van der Waals surface area (Å²) in [7, 11) is 1.66. The van der Waals surface area contributed by atoms with Crippen LogP contribution in [-0.2, 0) is 30.8 Å². The number of hydrogen-bond acceptors (Lipinski definition) is 5. The maximum Gasteiger partial charge on any atom is 0.307 e. The second-order valence-electron chi connectivity index (χ2n) is 11.6. The number of imidazole rings is 1. The number of ether oxygens (including phenoxy) is 1. The molecule has 1 amide bonds. The van der Waals surface area contributed by atoms with Crippen LogP contribution in [0.3, 0.4) is 0 Å². The van der Waals surface area contributed by atoms with Crippen LogP contribution in [0, 0.1) is 5.92 Å². The van der Waals surface area contributed by atoms with E-state index in [1.807, 2.05) is 42.5 Å². The second kappa shape index (κ2) is 15.3. The Morgan fingerprint density at radius 2 is 1.73 bits per heavy atom. The van der Waals surface area contributed by atoms with Crippen LogP contribution in [0.4, 0.5) is 0 Å². The second-order valence-corrected chi connectivity index (χ2v) is 11.6. The minimum atomic E-state index is -1.00. The van der Waals surface area contributed by atoms with Gasteiger partial charge in [0.2, 0.25) is 5.91 Å². The minimum Gasteiger partial charge on any atom is -0.497 e. The van der Waals surface area contributed by atoms with E-state index in [1.54, 1.807) is 13.2 Å². The quantitative estimate of drug-likeness (QED) is 0.147. The van der Waals surface area contributed by atoms with Crippen molar-refractivity contribution in [2.75, 3.05) is 13.7 Å². The highest BCUT2D eigenvalue weighted by Crippen LogP contribution is 2.32. The highest BCUT2D eigenvalue weighted by molar-refractivity contribution is 5.95. The van der Waals surface area contributed by atoms with Gasteiger partial charge >= 0.3 is 5.97 Å². The van der Waals surface area contributed by atoms with Crippen molar-refractivity contribution in [2.24, 2.45) is 11.7 Å². The summed E-state index contributed by atoms with van der Waals surface area (Å²) in [6.45, 7) is 9.53. The normalized spacial score (nSPS) is 11.3. The Morgan fingerprint density at radius 3 is 2.34 bits per heavy atom. The maximum absolute atomic E-state index is 12.0. The number of methoxy groups -OCH3 is 1. The number of amides is 1. The molecule has 0 aliphatic heterocycles. The van der Waals surface area contributed by atoms with Gasteiger partial charge in [0, 0.05) is 36.3 Å². The first kappa shape index (κ1) is 32.5. The Kier molecular flexibility index (Phi) is 11.3. The van der Waals surface area contributed by atoms with Crippen LogP contribution in [0.15, 0.2) is 72.8 Å². The van der Waals surface area contributed by atoms with Gasteiger partial charge in [0.15, 0.2) is 0 Å². The van der Waals surface area contributed by atoms with Crippen LogP contribution in [-0.4, -0.2) is 45.1 Å². The first-order chi connectivity index (χ1) is 21.2. The Labute approximate surface area is 260 Å². The number of carboxylic acids is 1. The third-order valence-electron chi connectivity index (χ3n) is 7.78. The number of carboxylic acid groups (broad SMARTS) is 1. The zero-order chi connectivity index (χ0) is 31.6. The summed E-state index contributed by atoms with van der Waals surface area (Å²) in [4.78, 5) is 31.2. The zero-order valence-electron chi connectivity index (χ0n) is 26.3. The summed E-state index contributed by atoms with van der Waals surface area (Å²) in [5, 5.41) is 9.48. The molecule has 4 rings (SSSR count). The van der Waals surface area contributed by atoms with Gasteiger partial charge in [-0.2, -0.15) is 0 Å². The molecule has 3 N–H and O–H groups in total. The molecule has 0 radical (unpaired) electrons. The minimum absolute atomic E-state index is 0.247. The smallest absolute Gasteiger partial charge is 0.307 e. The Hall–Kier alpha value is -4.43. The maximum atomic E-state index is 12.0. The van der Waals surface area contributed by atoms with Crippen molar-refractivity contribution >= 4 is 11.9 Å². The summed E-state index contributed by atoms with van der Waals surface area (Å²) in [6.07, 6.45) is 2.81. The molecule has 44 heavy (non-hydrogen) atoms. The summed E-state index contributed by atoms with van der Waals surface area (Å²) in [5.74, 6) is 0.612. The molecule has 0 bridgehead atoms. The predicted molar refractivity (Wildman–Crippen MR) is 174 cm³/mol. The lowest BCUT2D eigenvalue weighted by atomic mass is 10.00. The number of primary amides is 1. The van der Waals surface area contributed by atoms with E-state index in [0.29, 0.717) is 24.6 Å². The average molecular weight is 597 g/mol. The molecule has 0 atom stereocenters. The number of benzene rings is 3. The lowest BCUT2D eigenvalue weighted by Gasteiger charge is -2.25. The molecule has 3 aromatic carbocycles. The van der Waals surface area contributed by atoms with Crippen LogP contribution in [0.25, 0.3) is 22.6 Å². The number of hydrogen-bond donors (Lipinski definition) is 2. The molecule has 0 spiro atoms. The van der Waals surface area contributed by atoms with E-state index < -0.39 is 11.9 Å². The fourth-order valence-corrected chi connectivity index (χ4v) is 5.41. The Bertz CT molecular complexity index is 1540. The number of aromatic nitrogens is 2. The van der Waals surface area contributed by atoms with E-state index in [-0.39, 0.29) is 12.0 Å². The van der Waals surface area contributed by atoms with Crippen LogP contribution in [0.5, 0.6) is 5.75 Å². The average Bonchev–Trinajstić information content (AvgIpc) is 3.36. The molecule has 0 saturated carbocycles. The molecule has 8 heteroatoms. The number of nitrogens with two attached hydrogens (primary N) is 1. The van der Waals surface area contributed by atoms with Gasteiger partial charge in [-0.25, -0.2) is 4.98 Å². The number of carbonyl (C=O) groups is 2. The van der Waals surface area contributed by atoms with Gasteiger partial charge in [0.05, 0.1) is 24.9 Å². The van der Waals surface area contributed by atoms with Gasteiger partial charge < -0.3 is 20.1 Å². The molecule has 0 aliphatic carbocycles. The molecule has 1 heterocycles. The lowest BCUT2D eigenvalue weighted by Crippen LogP contribution is -2.27. The first-order valence-corrected chi connectivity index (χ1v) is 15.3. The molecular formula is C36H44N4O4. The standard InChI is InChI=1S/C36H44N4O4/c1-5-6-19-40-32(34(27-13-15-30(44-4)16-14-27)38-36(40)28-10-8-7-9-11-28)24-39(20-18-25(2)3)23-26-12-17-31(35(37)43)29(21-26)22-33(41)42/h7-17,21,25H,5-6,18-20,22-24H2,1-4H3,(H2,37,43)(H,41,42). The molecular weight excluding hydrogens is 552 g/mol. The van der Waals surface area contributed by atoms with Crippen LogP contribution < -0.4 is 10.5 Å². The fraction of sp³-hybridized carbons (Fsp3) is 0.361. The number of carbonyl (C=O) groups excluding carboxylic acids is 1. The number of unbranched alkanes of at least 4 members (excludes halogenated alkanes) is 1. The van der Waals surface area contributed by atoms with E-state index in [4.69, 9.17) is 15.5 Å². The van der Waals surface area contributed by atoms with Crippen molar-refractivity contribution in [2.45, 2.75) is 66.1 Å². The van der Waals surface area contributed by atoms with E-state index >= 15 is 0 Å². The van der Waals surface area contributed by atoms with Crippen LogP contribution in [0.1, 0.15) is 67.2 Å². The molecule has 8 nitrogen and oxygen atoms in total. The number of aliphatic carboxylic acids is 1.